The van der Waals surface area contributed by atoms with Crippen LogP contribution in [0.5, 0.6) is 0 Å². The molecule has 1 fully saturated rings. The van der Waals surface area contributed by atoms with Crippen molar-refractivity contribution >= 4 is 23.4 Å². The predicted octanol–water partition coefficient (Wildman–Crippen LogP) is 5.02. The molecule has 7 heteroatoms. The third kappa shape index (κ3) is 3.52. The Kier molecular flexibility index (Phi) is 5.04. The summed E-state index contributed by atoms with van der Waals surface area (Å²) in [5, 5.41) is 5.78. The molecule has 4 nitrogen and oxygen atoms in total. The summed E-state index contributed by atoms with van der Waals surface area (Å²) in [7, 11) is 0. The number of rotatable bonds is 7. The number of aromatic nitrogens is 3. The van der Waals surface area contributed by atoms with E-state index in [4.69, 9.17) is 16.3 Å². The molecule has 0 aliphatic carbocycles. The fourth-order valence-electron chi connectivity index (χ4n) is 3.17. The second kappa shape index (κ2) is 7.46. The Hall–Kier alpha value is -2.15. The number of benzene rings is 2. The molecule has 4 rings (SSSR count). The first-order valence-electron chi connectivity index (χ1n) is 8.44. The molecule has 1 aliphatic heterocycles. The van der Waals surface area contributed by atoms with Crippen LogP contribution >= 0.6 is 23.4 Å². The van der Waals surface area contributed by atoms with Crippen molar-refractivity contribution in [1.29, 1.82) is 0 Å². The number of hydrogen-bond donors (Lipinski definition) is 0. The minimum Gasteiger partial charge on any atom is -0.354 e. The standard InChI is InChI=1S/C20H17ClFN3OS/c1-2-11-27-19-23-13-24-25(19)12-20(14-7-9-15(22)10-8-14)18(26-20)16-5-3-4-6-17(16)21/h2-10,13,18H,1,11-12H2/t18-,20+/m1/s1. The summed E-state index contributed by atoms with van der Waals surface area (Å²) in [5.74, 6) is 0.448. The van der Waals surface area contributed by atoms with Gasteiger partial charge in [-0.15, -0.1) is 6.58 Å². The lowest BCUT2D eigenvalue weighted by atomic mass is 9.91. The smallest absolute Gasteiger partial charge is 0.186 e. The Morgan fingerprint density at radius 3 is 2.78 bits per heavy atom. The summed E-state index contributed by atoms with van der Waals surface area (Å²) in [6.07, 6.45) is 3.11. The van der Waals surface area contributed by atoms with E-state index < -0.39 is 5.60 Å². The maximum Gasteiger partial charge on any atom is 0.186 e. The van der Waals surface area contributed by atoms with E-state index in [2.05, 4.69) is 16.7 Å². The van der Waals surface area contributed by atoms with Gasteiger partial charge >= 0.3 is 0 Å². The lowest BCUT2D eigenvalue weighted by Gasteiger charge is -2.15. The third-order valence-corrected chi connectivity index (χ3v) is 5.83. The van der Waals surface area contributed by atoms with Gasteiger partial charge in [0.15, 0.2) is 5.16 Å². The van der Waals surface area contributed by atoms with E-state index in [1.807, 2.05) is 35.0 Å². The fraction of sp³-hybridized carbons (Fsp3) is 0.200. The van der Waals surface area contributed by atoms with E-state index >= 15 is 0 Å². The Morgan fingerprint density at radius 1 is 1.26 bits per heavy atom. The average molecular weight is 402 g/mol. The average Bonchev–Trinajstić information content (AvgIpc) is 3.22. The molecule has 27 heavy (non-hydrogen) atoms. The summed E-state index contributed by atoms with van der Waals surface area (Å²) in [6, 6.07) is 14.0. The van der Waals surface area contributed by atoms with Crippen LogP contribution in [-0.2, 0) is 16.9 Å². The topological polar surface area (TPSA) is 43.2 Å². The first kappa shape index (κ1) is 18.2. The summed E-state index contributed by atoms with van der Waals surface area (Å²) < 4.78 is 21.5. The van der Waals surface area contributed by atoms with Crippen LogP contribution in [0.4, 0.5) is 4.39 Å². The number of epoxide rings is 1. The van der Waals surface area contributed by atoms with Crippen LogP contribution in [-0.4, -0.2) is 20.5 Å². The van der Waals surface area contributed by atoms with Gasteiger partial charge in [-0.05, 0) is 23.8 Å². The monoisotopic (exact) mass is 401 g/mol. The van der Waals surface area contributed by atoms with E-state index in [9.17, 15) is 4.39 Å². The first-order chi connectivity index (χ1) is 13.1. The van der Waals surface area contributed by atoms with Crippen LogP contribution in [0.15, 0.2) is 72.7 Å². The maximum absolute atomic E-state index is 13.5. The zero-order valence-electron chi connectivity index (χ0n) is 14.4. The van der Waals surface area contributed by atoms with Crippen molar-refractivity contribution in [2.75, 3.05) is 5.75 Å². The Labute approximate surface area is 166 Å². The van der Waals surface area contributed by atoms with Crippen LogP contribution in [0.1, 0.15) is 17.2 Å². The molecule has 0 bridgehead atoms. The molecule has 0 saturated carbocycles. The van der Waals surface area contributed by atoms with E-state index in [1.165, 1.54) is 18.5 Å². The van der Waals surface area contributed by atoms with Crippen LogP contribution in [0, 0.1) is 5.82 Å². The van der Waals surface area contributed by atoms with E-state index in [0.717, 1.165) is 22.0 Å². The Morgan fingerprint density at radius 2 is 2.04 bits per heavy atom. The van der Waals surface area contributed by atoms with Crippen molar-refractivity contribution in [3.05, 3.63) is 89.5 Å². The van der Waals surface area contributed by atoms with Crippen molar-refractivity contribution in [2.24, 2.45) is 0 Å². The zero-order chi connectivity index (χ0) is 18.9. The maximum atomic E-state index is 13.5. The number of ether oxygens (including phenoxy) is 1. The number of thioether (sulfide) groups is 1. The second-order valence-electron chi connectivity index (χ2n) is 6.22. The van der Waals surface area contributed by atoms with Gasteiger partial charge in [0.05, 0.1) is 6.54 Å². The lowest BCUT2D eigenvalue weighted by Crippen LogP contribution is -2.20. The van der Waals surface area contributed by atoms with Gasteiger partial charge in [0, 0.05) is 16.3 Å². The van der Waals surface area contributed by atoms with Crippen molar-refractivity contribution in [3.63, 3.8) is 0 Å². The van der Waals surface area contributed by atoms with Gasteiger partial charge in [-0.1, -0.05) is 59.8 Å². The summed E-state index contributed by atoms with van der Waals surface area (Å²) in [6.45, 7) is 4.19. The molecule has 0 unspecified atom stereocenters. The molecule has 3 aromatic rings. The van der Waals surface area contributed by atoms with Crippen LogP contribution in [0.2, 0.25) is 5.02 Å². The van der Waals surface area contributed by atoms with Crippen molar-refractivity contribution in [2.45, 2.75) is 23.4 Å². The highest BCUT2D eigenvalue weighted by atomic mass is 35.5. The SMILES string of the molecule is C=CCSc1ncnn1C[C@@]1(c2ccc(F)cc2)O[C@@H]1c1ccccc1Cl. The molecule has 2 aromatic carbocycles. The van der Waals surface area contributed by atoms with Gasteiger partial charge in [-0.25, -0.2) is 14.1 Å². The molecule has 2 atom stereocenters. The van der Waals surface area contributed by atoms with Crippen molar-refractivity contribution in [1.82, 2.24) is 14.8 Å². The molecule has 1 saturated heterocycles. The third-order valence-electron chi connectivity index (χ3n) is 4.51. The summed E-state index contributed by atoms with van der Waals surface area (Å²) in [4.78, 5) is 4.31. The van der Waals surface area contributed by atoms with Gasteiger partial charge in [0.25, 0.3) is 0 Å². The van der Waals surface area contributed by atoms with Gasteiger partial charge < -0.3 is 4.74 Å². The summed E-state index contributed by atoms with van der Waals surface area (Å²) >= 11 is 7.94. The van der Waals surface area contributed by atoms with Crippen molar-refractivity contribution < 1.29 is 9.13 Å². The lowest BCUT2D eigenvalue weighted by molar-refractivity contribution is 0.256. The van der Waals surface area contributed by atoms with Crippen LogP contribution in [0.3, 0.4) is 0 Å². The number of halogens is 2. The molecule has 1 aromatic heterocycles. The van der Waals surface area contributed by atoms with Crippen LogP contribution in [0.25, 0.3) is 0 Å². The highest BCUT2D eigenvalue weighted by Gasteiger charge is 2.59. The first-order valence-corrected chi connectivity index (χ1v) is 9.80. The normalized spacial score (nSPS) is 21.2. The quantitative estimate of drug-likeness (QED) is 0.317. The largest absolute Gasteiger partial charge is 0.354 e. The van der Waals surface area contributed by atoms with E-state index in [0.29, 0.717) is 11.6 Å². The Bertz CT molecular complexity index is 962. The van der Waals surface area contributed by atoms with Gasteiger partial charge in [0.1, 0.15) is 23.8 Å². The molecule has 1 aliphatic rings. The summed E-state index contributed by atoms with van der Waals surface area (Å²) in [5.41, 5.74) is 1.11. The van der Waals surface area contributed by atoms with E-state index in [1.54, 1.807) is 23.9 Å². The van der Waals surface area contributed by atoms with Gasteiger partial charge in [-0.2, -0.15) is 5.10 Å². The predicted molar refractivity (Wildman–Crippen MR) is 104 cm³/mol. The molecule has 138 valence electrons. The molecule has 0 spiro atoms. The highest BCUT2D eigenvalue weighted by Crippen LogP contribution is 2.59. The van der Waals surface area contributed by atoms with Gasteiger partial charge in [-0.3, -0.25) is 0 Å². The van der Waals surface area contributed by atoms with Gasteiger partial charge in [0.2, 0.25) is 0 Å². The van der Waals surface area contributed by atoms with E-state index in [-0.39, 0.29) is 11.9 Å². The minimum atomic E-state index is -0.671. The second-order valence-corrected chi connectivity index (χ2v) is 7.61. The molecular formula is C20H17ClFN3OS. The van der Waals surface area contributed by atoms with Crippen LogP contribution < -0.4 is 0 Å². The van der Waals surface area contributed by atoms with Crippen molar-refractivity contribution in [3.8, 4) is 0 Å². The molecule has 0 N–H and O–H groups in total. The molecule has 2 heterocycles. The molecular weight excluding hydrogens is 385 g/mol. The Balaban J connectivity index is 1.71. The number of nitrogens with zero attached hydrogens (tertiary/aromatic N) is 3. The molecule has 0 amide bonds. The number of hydrogen-bond acceptors (Lipinski definition) is 4. The minimum absolute atomic E-state index is 0.238. The molecule has 0 radical (unpaired) electrons. The zero-order valence-corrected chi connectivity index (χ0v) is 16.0. The highest BCUT2D eigenvalue weighted by molar-refractivity contribution is 7.99. The fourth-order valence-corrected chi connectivity index (χ4v) is 4.06.